The standard InChI is InChI=1S/C20H19N3O4/c24-19(16-5-1-2-6-18(16)23(26)27)21-15-9-10-17-14(12-15)4-3-11-22(17)20(25)13-7-8-13/h1-2,5-6,9-10,12-13H,3-4,7-8,11H2,(H,21,24). The molecule has 2 amide bonds. The van der Waals surface area contributed by atoms with E-state index in [1.54, 1.807) is 12.1 Å². The summed E-state index contributed by atoms with van der Waals surface area (Å²) in [6.07, 6.45) is 3.65. The lowest BCUT2D eigenvalue weighted by atomic mass is 10.00. The minimum atomic E-state index is -0.566. The number of carbonyl (C=O) groups is 2. The van der Waals surface area contributed by atoms with E-state index in [0.717, 1.165) is 43.5 Å². The molecule has 1 fully saturated rings. The van der Waals surface area contributed by atoms with Crippen molar-refractivity contribution >= 4 is 28.9 Å². The largest absolute Gasteiger partial charge is 0.322 e. The van der Waals surface area contributed by atoms with Crippen molar-refractivity contribution in [1.82, 2.24) is 0 Å². The summed E-state index contributed by atoms with van der Waals surface area (Å²) in [6.45, 7) is 0.726. The van der Waals surface area contributed by atoms with Crippen LogP contribution in [0.4, 0.5) is 17.1 Å². The number of carbonyl (C=O) groups excluding carboxylic acids is 2. The number of hydrogen-bond acceptors (Lipinski definition) is 4. The Bertz CT molecular complexity index is 937. The third-order valence-corrected chi connectivity index (χ3v) is 4.99. The second-order valence-corrected chi connectivity index (χ2v) is 6.94. The van der Waals surface area contributed by atoms with Crippen LogP contribution in [0.25, 0.3) is 0 Å². The van der Waals surface area contributed by atoms with E-state index in [0.29, 0.717) is 5.69 Å². The maximum Gasteiger partial charge on any atom is 0.282 e. The lowest BCUT2D eigenvalue weighted by molar-refractivity contribution is -0.385. The van der Waals surface area contributed by atoms with Gasteiger partial charge in [0.15, 0.2) is 0 Å². The number of para-hydroxylation sites is 1. The van der Waals surface area contributed by atoms with Crippen LogP contribution in [-0.2, 0) is 11.2 Å². The third-order valence-electron chi connectivity index (χ3n) is 4.99. The number of nitro benzene ring substituents is 1. The zero-order chi connectivity index (χ0) is 19.0. The molecule has 0 atom stereocenters. The molecule has 2 aliphatic rings. The Labute approximate surface area is 156 Å². The fraction of sp³-hybridized carbons (Fsp3) is 0.300. The van der Waals surface area contributed by atoms with Gasteiger partial charge in [0.25, 0.3) is 11.6 Å². The van der Waals surface area contributed by atoms with Gasteiger partial charge in [0.1, 0.15) is 5.56 Å². The SMILES string of the molecule is O=C(Nc1ccc2c(c1)CCCN2C(=O)C1CC1)c1ccccc1[N+](=O)[O-]. The molecule has 2 aromatic carbocycles. The molecular formula is C20H19N3O4. The van der Waals surface area contributed by atoms with Crippen molar-refractivity contribution in [1.29, 1.82) is 0 Å². The predicted molar refractivity (Wildman–Crippen MR) is 101 cm³/mol. The van der Waals surface area contributed by atoms with Gasteiger partial charge in [0.2, 0.25) is 5.91 Å². The topological polar surface area (TPSA) is 92.6 Å². The molecular weight excluding hydrogens is 346 g/mol. The van der Waals surface area contributed by atoms with Crippen molar-refractivity contribution in [3.8, 4) is 0 Å². The molecule has 0 spiro atoms. The number of nitrogens with one attached hydrogen (secondary N) is 1. The summed E-state index contributed by atoms with van der Waals surface area (Å²) >= 11 is 0. The molecule has 0 radical (unpaired) electrons. The van der Waals surface area contributed by atoms with Crippen molar-refractivity contribution < 1.29 is 14.5 Å². The summed E-state index contributed by atoms with van der Waals surface area (Å²) in [5, 5.41) is 13.9. The van der Waals surface area contributed by atoms with Gasteiger partial charge in [-0.3, -0.25) is 19.7 Å². The smallest absolute Gasteiger partial charge is 0.282 e. The summed E-state index contributed by atoms with van der Waals surface area (Å²) < 4.78 is 0. The van der Waals surface area contributed by atoms with Gasteiger partial charge >= 0.3 is 0 Å². The van der Waals surface area contributed by atoms with Crippen LogP contribution in [0.5, 0.6) is 0 Å². The lowest BCUT2D eigenvalue weighted by Crippen LogP contribution is -2.36. The molecule has 7 nitrogen and oxygen atoms in total. The molecule has 1 saturated carbocycles. The Morgan fingerprint density at radius 1 is 1.15 bits per heavy atom. The van der Waals surface area contributed by atoms with E-state index >= 15 is 0 Å². The molecule has 1 heterocycles. The number of aryl methyl sites for hydroxylation is 1. The minimum Gasteiger partial charge on any atom is -0.322 e. The normalized spacial score (nSPS) is 15.8. The first-order valence-electron chi connectivity index (χ1n) is 9.03. The summed E-state index contributed by atoms with van der Waals surface area (Å²) in [4.78, 5) is 37.4. The Morgan fingerprint density at radius 2 is 1.93 bits per heavy atom. The zero-order valence-corrected chi connectivity index (χ0v) is 14.7. The molecule has 0 unspecified atom stereocenters. The summed E-state index contributed by atoms with van der Waals surface area (Å²) in [5.41, 5.74) is 2.27. The number of amides is 2. The van der Waals surface area contributed by atoms with Gasteiger partial charge in [-0.2, -0.15) is 0 Å². The fourth-order valence-corrected chi connectivity index (χ4v) is 3.48. The van der Waals surface area contributed by atoms with Crippen LogP contribution in [0.1, 0.15) is 35.2 Å². The fourth-order valence-electron chi connectivity index (χ4n) is 3.48. The highest BCUT2D eigenvalue weighted by atomic mass is 16.6. The molecule has 0 aromatic heterocycles. The molecule has 2 aromatic rings. The van der Waals surface area contributed by atoms with Crippen LogP contribution in [0.15, 0.2) is 42.5 Å². The monoisotopic (exact) mass is 365 g/mol. The van der Waals surface area contributed by atoms with Gasteiger partial charge in [-0.1, -0.05) is 12.1 Å². The molecule has 1 aliphatic heterocycles. The third kappa shape index (κ3) is 3.40. The van der Waals surface area contributed by atoms with Crippen LogP contribution in [0.2, 0.25) is 0 Å². The van der Waals surface area contributed by atoms with Gasteiger partial charge in [-0.05, 0) is 55.5 Å². The highest BCUT2D eigenvalue weighted by molar-refractivity contribution is 6.07. The highest BCUT2D eigenvalue weighted by Gasteiger charge is 2.35. The van der Waals surface area contributed by atoms with Crippen molar-refractivity contribution in [3.05, 3.63) is 63.7 Å². The molecule has 4 rings (SSSR count). The van der Waals surface area contributed by atoms with Crippen LogP contribution >= 0.6 is 0 Å². The van der Waals surface area contributed by atoms with E-state index in [4.69, 9.17) is 0 Å². The summed E-state index contributed by atoms with van der Waals surface area (Å²) in [5.74, 6) is -0.175. The van der Waals surface area contributed by atoms with Crippen molar-refractivity contribution in [2.24, 2.45) is 5.92 Å². The average Bonchev–Trinajstić information content (AvgIpc) is 3.52. The molecule has 1 aliphatic carbocycles. The van der Waals surface area contributed by atoms with Gasteiger partial charge in [-0.15, -0.1) is 0 Å². The number of nitro groups is 1. The van der Waals surface area contributed by atoms with E-state index in [-0.39, 0.29) is 23.1 Å². The van der Waals surface area contributed by atoms with E-state index in [1.807, 2.05) is 17.0 Å². The number of nitrogens with zero attached hydrogens (tertiary/aromatic N) is 2. The Hall–Kier alpha value is -3.22. The second kappa shape index (κ2) is 6.83. The maximum atomic E-state index is 12.5. The van der Waals surface area contributed by atoms with Crippen molar-refractivity contribution in [2.75, 3.05) is 16.8 Å². The van der Waals surface area contributed by atoms with Gasteiger partial charge < -0.3 is 10.2 Å². The number of fused-ring (bicyclic) bond motifs is 1. The predicted octanol–water partition coefficient (Wildman–Crippen LogP) is 3.54. The molecule has 0 saturated heterocycles. The van der Waals surface area contributed by atoms with Gasteiger partial charge in [0, 0.05) is 29.9 Å². The number of anilines is 2. The number of rotatable bonds is 4. The van der Waals surface area contributed by atoms with E-state index < -0.39 is 10.8 Å². The van der Waals surface area contributed by atoms with Crippen LogP contribution < -0.4 is 10.2 Å². The first-order valence-corrected chi connectivity index (χ1v) is 9.03. The summed E-state index contributed by atoms with van der Waals surface area (Å²) in [7, 11) is 0. The van der Waals surface area contributed by atoms with Crippen LogP contribution in [-0.4, -0.2) is 23.3 Å². The molecule has 138 valence electrons. The quantitative estimate of drug-likeness (QED) is 0.662. The van der Waals surface area contributed by atoms with Crippen molar-refractivity contribution in [2.45, 2.75) is 25.7 Å². The Morgan fingerprint density at radius 3 is 2.67 bits per heavy atom. The Kier molecular flexibility index (Phi) is 4.35. The average molecular weight is 365 g/mol. The van der Waals surface area contributed by atoms with Crippen molar-refractivity contribution in [3.63, 3.8) is 0 Å². The number of benzene rings is 2. The molecule has 0 bridgehead atoms. The molecule has 1 N–H and O–H groups in total. The highest BCUT2D eigenvalue weighted by Crippen LogP contribution is 2.36. The maximum absolute atomic E-state index is 12.5. The van der Waals surface area contributed by atoms with E-state index in [2.05, 4.69) is 5.32 Å². The van der Waals surface area contributed by atoms with Gasteiger partial charge in [0.05, 0.1) is 4.92 Å². The van der Waals surface area contributed by atoms with Crippen LogP contribution in [0.3, 0.4) is 0 Å². The second-order valence-electron chi connectivity index (χ2n) is 6.94. The lowest BCUT2D eigenvalue weighted by Gasteiger charge is -2.30. The summed E-state index contributed by atoms with van der Waals surface area (Å²) in [6, 6.07) is 11.3. The minimum absolute atomic E-state index is 0.0192. The molecule has 27 heavy (non-hydrogen) atoms. The molecule has 7 heteroatoms. The van der Waals surface area contributed by atoms with E-state index in [9.17, 15) is 19.7 Å². The van der Waals surface area contributed by atoms with Crippen LogP contribution in [0, 0.1) is 16.0 Å². The first kappa shape index (κ1) is 17.2. The zero-order valence-electron chi connectivity index (χ0n) is 14.7. The first-order chi connectivity index (χ1) is 13.0. The van der Waals surface area contributed by atoms with Gasteiger partial charge in [-0.25, -0.2) is 0 Å². The number of hydrogen-bond donors (Lipinski definition) is 1. The Balaban J connectivity index is 1.57. The van der Waals surface area contributed by atoms with E-state index in [1.165, 1.54) is 18.2 Å².